The highest BCUT2D eigenvalue weighted by atomic mass is 35.5. The molecule has 1 aliphatic carbocycles. The Hall–Kier alpha value is -3.36. The number of anilines is 1. The molecule has 39 heavy (non-hydrogen) atoms. The maximum absolute atomic E-state index is 14.0. The van der Waals surface area contributed by atoms with Gasteiger partial charge in [0.1, 0.15) is 12.6 Å². The lowest BCUT2D eigenvalue weighted by Gasteiger charge is -2.32. The topological polar surface area (TPSA) is 86.8 Å². The van der Waals surface area contributed by atoms with Gasteiger partial charge in [-0.25, -0.2) is 8.42 Å². The summed E-state index contributed by atoms with van der Waals surface area (Å²) in [5.41, 5.74) is 2.06. The molecule has 1 fully saturated rings. The number of carbonyl (C=O) groups excluding carboxylic acids is 2. The van der Waals surface area contributed by atoms with Crippen molar-refractivity contribution < 1.29 is 18.0 Å². The van der Waals surface area contributed by atoms with E-state index in [1.807, 2.05) is 13.0 Å². The van der Waals surface area contributed by atoms with Crippen molar-refractivity contribution in [1.29, 1.82) is 0 Å². The molecule has 3 aromatic carbocycles. The number of halogens is 1. The highest BCUT2D eigenvalue weighted by Gasteiger charge is 2.33. The first-order valence-corrected chi connectivity index (χ1v) is 15.0. The quantitative estimate of drug-likeness (QED) is 0.359. The number of nitrogens with zero attached hydrogens (tertiary/aromatic N) is 2. The second-order valence-electron chi connectivity index (χ2n) is 9.98. The van der Waals surface area contributed by atoms with Gasteiger partial charge in [0.25, 0.3) is 10.0 Å². The zero-order chi connectivity index (χ0) is 28.0. The van der Waals surface area contributed by atoms with Crippen LogP contribution >= 0.6 is 11.6 Å². The van der Waals surface area contributed by atoms with Crippen molar-refractivity contribution >= 4 is 39.1 Å². The highest BCUT2D eigenvalue weighted by molar-refractivity contribution is 7.92. The van der Waals surface area contributed by atoms with Crippen LogP contribution in [0.2, 0.25) is 5.02 Å². The fraction of sp³-hybridized carbons (Fsp3) is 0.333. The Morgan fingerprint density at radius 3 is 2.28 bits per heavy atom. The molecule has 0 aliphatic heterocycles. The van der Waals surface area contributed by atoms with Gasteiger partial charge in [0.05, 0.1) is 10.6 Å². The largest absolute Gasteiger partial charge is 0.352 e. The van der Waals surface area contributed by atoms with E-state index >= 15 is 0 Å². The first-order valence-electron chi connectivity index (χ1n) is 13.1. The van der Waals surface area contributed by atoms with E-state index in [-0.39, 0.29) is 23.4 Å². The summed E-state index contributed by atoms with van der Waals surface area (Å²) in [7, 11) is -4.08. The van der Waals surface area contributed by atoms with Crippen LogP contribution < -0.4 is 9.62 Å². The van der Waals surface area contributed by atoms with Crippen molar-refractivity contribution in [2.24, 2.45) is 0 Å². The van der Waals surface area contributed by atoms with Gasteiger partial charge in [-0.2, -0.15) is 0 Å². The number of benzene rings is 3. The molecule has 3 aromatic rings. The third-order valence-corrected chi connectivity index (χ3v) is 9.07. The second kappa shape index (κ2) is 12.7. The molecule has 1 saturated carbocycles. The summed E-state index contributed by atoms with van der Waals surface area (Å²) in [6, 6.07) is 21.3. The first kappa shape index (κ1) is 28.6. The van der Waals surface area contributed by atoms with Gasteiger partial charge in [0, 0.05) is 17.6 Å². The maximum Gasteiger partial charge on any atom is 0.264 e. The number of rotatable bonds is 10. The van der Waals surface area contributed by atoms with Gasteiger partial charge in [-0.05, 0) is 68.7 Å². The summed E-state index contributed by atoms with van der Waals surface area (Å²) in [4.78, 5) is 28.7. The molecule has 4 rings (SSSR count). The molecule has 0 heterocycles. The number of hydrogen-bond acceptors (Lipinski definition) is 4. The average molecular weight is 568 g/mol. The maximum atomic E-state index is 14.0. The SMILES string of the molecule is Cc1ccc(N(CC(=O)N(Cc2cccc(Cl)c2)[C@H](C)C(=O)NC2CCCC2)S(=O)(=O)c2ccccc2)cc1. The Bertz CT molecular complexity index is 1390. The minimum Gasteiger partial charge on any atom is -0.352 e. The minimum absolute atomic E-state index is 0.0757. The van der Waals surface area contributed by atoms with E-state index in [4.69, 9.17) is 11.6 Å². The van der Waals surface area contributed by atoms with Gasteiger partial charge in [-0.1, -0.05) is 72.5 Å². The molecular formula is C30H34ClN3O4S. The van der Waals surface area contributed by atoms with Crippen LogP contribution in [0.1, 0.15) is 43.7 Å². The Labute approximate surface area is 235 Å². The minimum atomic E-state index is -4.08. The standard InChI is InChI=1S/C30H34ClN3O4S/c1-22-15-17-27(18-16-22)34(39(37,38)28-13-4-3-5-14-28)21-29(35)33(20-24-9-8-10-25(31)19-24)23(2)30(36)32-26-11-6-7-12-26/h3-5,8-10,13-19,23,26H,6-7,11-12,20-21H2,1-2H3,(H,32,36)/t23-/m1/s1. The van der Waals surface area contributed by atoms with Crippen molar-refractivity contribution in [2.45, 2.75) is 63.1 Å². The molecule has 206 valence electrons. The van der Waals surface area contributed by atoms with Crippen molar-refractivity contribution in [3.05, 3.63) is 95.0 Å². The van der Waals surface area contributed by atoms with E-state index in [1.54, 1.807) is 67.6 Å². The van der Waals surface area contributed by atoms with Gasteiger partial charge < -0.3 is 10.2 Å². The number of hydrogen-bond donors (Lipinski definition) is 1. The second-order valence-corrected chi connectivity index (χ2v) is 12.3. The summed E-state index contributed by atoms with van der Waals surface area (Å²) < 4.78 is 28.7. The van der Waals surface area contributed by atoms with Crippen molar-refractivity contribution in [2.75, 3.05) is 10.8 Å². The molecule has 1 atom stereocenters. The zero-order valence-corrected chi connectivity index (χ0v) is 23.8. The van der Waals surface area contributed by atoms with E-state index in [1.165, 1.54) is 17.0 Å². The fourth-order valence-electron chi connectivity index (χ4n) is 4.77. The Balaban J connectivity index is 1.67. The highest BCUT2D eigenvalue weighted by Crippen LogP contribution is 2.25. The van der Waals surface area contributed by atoms with Crippen molar-refractivity contribution in [1.82, 2.24) is 10.2 Å². The molecule has 0 unspecified atom stereocenters. The molecule has 1 aliphatic rings. The van der Waals surface area contributed by atoms with Crippen LogP contribution in [0.3, 0.4) is 0 Å². The monoisotopic (exact) mass is 567 g/mol. The van der Waals surface area contributed by atoms with Crippen LogP contribution in [-0.2, 0) is 26.2 Å². The summed E-state index contributed by atoms with van der Waals surface area (Å²) in [5, 5.41) is 3.58. The van der Waals surface area contributed by atoms with E-state index in [0.29, 0.717) is 10.7 Å². The lowest BCUT2D eigenvalue weighted by Crippen LogP contribution is -2.52. The summed E-state index contributed by atoms with van der Waals surface area (Å²) in [6.45, 7) is 3.21. The molecule has 9 heteroatoms. The van der Waals surface area contributed by atoms with Gasteiger partial charge in [0.2, 0.25) is 11.8 Å². The van der Waals surface area contributed by atoms with Crippen LogP contribution in [0.4, 0.5) is 5.69 Å². The van der Waals surface area contributed by atoms with Gasteiger partial charge in [-0.15, -0.1) is 0 Å². The zero-order valence-electron chi connectivity index (χ0n) is 22.2. The number of carbonyl (C=O) groups is 2. The lowest BCUT2D eigenvalue weighted by atomic mass is 10.1. The number of amides is 2. The predicted molar refractivity (Wildman–Crippen MR) is 154 cm³/mol. The molecule has 0 bridgehead atoms. The Morgan fingerprint density at radius 1 is 0.974 bits per heavy atom. The van der Waals surface area contributed by atoms with Crippen LogP contribution in [0.15, 0.2) is 83.8 Å². The molecule has 0 spiro atoms. The molecule has 2 amide bonds. The van der Waals surface area contributed by atoms with E-state index < -0.39 is 28.5 Å². The first-order chi connectivity index (χ1) is 18.6. The normalized spacial score (nSPS) is 14.5. The number of nitrogens with one attached hydrogen (secondary N) is 1. The van der Waals surface area contributed by atoms with Gasteiger partial charge in [-0.3, -0.25) is 13.9 Å². The Kier molecular flexibility index (Phi) is 9.30. The van der Waals surface area contributed by atoms with Crippen LogP contribution in [-0.4, -0.2) is 43.8 Å². The van der Waals surface area contributed by atoms with E-state index in [2.05, 4.69) is 5.32 Å². The van der Waals surface area contributed by atoms with Crippen molar-refractivity contribution in [3.8, 4) is 0 Å². The van der Waals surface area contributed by atoms with Gasteiger partial charge in [0.15, 0.2) is 0 Å². The van der Waals surface area contributed by atoms with Crippen LogP contribution in [0, 0.1) is 6.92 Å². The molecule has 0 saturated heterocycles. The molecule has 1 N–H and O–H groups in total. The van der Waals surface area contributed by atoms with Crippen molar-refractivity contribution in [3.63, 3.8) is 0 Å². The summed E-state index contributed by atoms with van der Waals surface area (Å²) >= 11 is 6.20. The molecule has 0 radical (unpaired) electrons. The third kappa shape index (κ3) is 7.19. The fourth-order valence-corrected chi connectivity index (χ4v) is 6.41. The van der Waals surface area contributed by atoms with Gasteiger partial charge >= 0.3 is 0 Å². The van der Waals surface area contributed by atoms with Crippen LogP contribution in [0.5, 0.6) is 0 Å². The summed E-state index contributed by atoms with van der Waals surface area (Å²) in [5.74, 6) is -0.755. The van der Waals surface area contributed by atoms with Crippen LogP contribution in [0.25, 0.3) is 0 Å². The smallest absolute Gasteiger partial charge is 0.264 e. The number of sulfonamides is 1. The van der Waals surface area contributed by atoms with E-state index in [9.17, 15) is 18.0 Å². The Morgan fingerprint density at radius 2 is 1.64 bits per heavy atom. The van der Waals surface area contributed by atoms with E-state index in [0.717, 1.165) is 41.1 Å². The number of aryl methyl sites for hydroxylation is 1. The predicted octanol–water partition coefficient (Wildman–Crippen LogP) is 5.32. The average Bonchev–Trinajstić information content (AvgIpc) is 3.44. The molecule has 7 nitrogen and oxygen atoms in total. The molecule has 0 aromatic heterocycles. The summed E-state index contributed by atoms with van der Waals surface area (Å²) in [6.07, 6.45) is 3.95. The lowest BCUT2D eigenvalue weighted by molar-refractivity contribution is -0.139. The molecular weight excluding hydrogens is 534 g/mol. The third-order valence-electron chi connectivity index (χ3n) is 7.04.